The summed E-state index contributed by atoms with van der Waals surface area (Å²) in [4.78, 5) is 22.2. The summed E-state index contributed by atoms with van der Waals surface area (Å²) in [7, 11) is 0. The van der Waals surface area contributed by atoms with Crippen LogP contribution >= 0.6 is 11.6 Å². The Balaban J connectivity index is 1.81. The molecule has 2 heterocycles. The van der Waals surface area contributed by atoms with Crippen molar-refractivity contribution >= 4 is 29.0 Å². The molecule has 1 aliphatic heterocycles. The van der Waals surface area contributed by atoms with Crippen LogP contribution in [0.25, 0.3) is 0 Å². The summed E-state index contributed by atoms with van der Waals surface area (Å²) in [6.45, 7) is 0.302. The molecule has 120 valence electrons. The van der Waals surface area contributed by atoms with Crippen molar-refractivity contribution in [1.82, 2.24) is 9.97 Å². The van der Waals surface area contributed by atoms with E-state index < -0.39 is 12.1 Å². The number of halogens is 1. The molecule has 0 spiro atoms. The van der Waals surface area contributed by atoms with E-state index in [4.69, 9.17) is 11.6 Å². The number of carbonyl (C=O) groups excluding carboxylic acids is 1. The number of aromatic nitrogens is 2. The Hall–Kier alpha value is -2.38. The lowest BCUT2D eigenvalue weighted by Crippen LogP contribution is -2.40. The summed E-state index contributed by atoms with van der Waals surface area (Å²) in [5, 5.41) is 22.8. The van der Waals surface area contributed by atoms with Gasteiger partial charge in [-0.3, -0.25) is 4.79 Å². The number of benzene rings is 1. The maximum absolute atomic E-state index is 12.5. The molecule has 7 nitrogen and oxygen atoms in total. The molecule has 1 amide bonds. The number of rotatable bonds is 3. The Morgan fingerprint density at radius 1 is 1.39 bits per heavy atom. The van der Waals surface area contributed by atoms with Gasteiger partial charge in [-0.2, -0.15) is 0 Å². The van der Waals surface area contributed by atoms with Gasteiger partial charge in [0.2, 0.25) is 5.91 Å². The molecule has 0 saturated carbocycles. The van der Waals surface area contributed by atoms with Gasteiger partial charge in [0.1, 0.15) is 23.9 Å². The van der Waals surface area contributed by atoms with Crippen LogP contribution in [-0.2, 0) is 4.79 Å². The first-order chi connectivity index (χ1) is 11.0. The second-order valence-electron chi connectivity index (χ2n) is 5.28. The van der Waals surface area contributed by atoms with E-state index in [0.717, 1.165) is 0 Å². The number of amides is 1. The monoisotopic (exact) mass is 334 g/mol. The quantitative estimate of drug-likeness (QED) is 0.734. The number of aliphatic hydroxyl groups excluding tert-OH is 1. The zero-order chi connectivity index (χ0) is 16.4. The second kappa shape index (κ2) is 6.39. The van der Waals surface area contributed by atoms with E-state index in [2.05, 4.69) is 15.3 Å². The van der Waals surface area contributed by atoms with Crippen molar-refractivity contribution in [2.24, 2.45) is 0 Å². The van der Waals surface area contributed by atoms with Crippen molar-refractivity contribution in [3.05, 3.63) is 41.8 Å². The van der Waals surface area contributed by atoms with E-state index in [1.54, 1.807) is 17.2 Å². The number of nitrogens with zero attached hydrogens (tertiary/aromatic N) is 3. The van der Waals surface area contributed by atoms with Crippen LogP contribution in [-0.4, -0.2) is 44.8 Å². The van der Waals surface area contributed by atoms with E-state index in [0.29, 0.717) is 17.4 Å². The van der Waals surface area contributed by atoms with E-state index in [9.17, 15) is 15.0 Å². The van der Waals surface area contributed by atoms with Gasteiger partial charge in [0.05, 0.1) is 11.8 Å². The van der Waals surface area contributed by atoms with Gasteiger partial charge in [-0.25, -0.2) is 9.97 Å². The van der Waals surface area contributed by atoms with Gasteiger partial charge in [-0.15, -0.1) is 0 Å². The maximum Gasteiger partial charge on any atom is 0.247 e. The molecule has 1 aromatic heterocycles. The third kappa shape index (κ3) is 3.35. The van der Waals surface area contributed by atoms with Crippen LogP contribution in [0.1, 0.15) is 6.42 Å². The Kier molecular flexibility index (Phi) is 4.31. The topological polar surface area (TPSA) is 98.6 Å². The van der Waals surface area contributed by atoms with Crippen LogP contribution in [0, 0.1) is 0 Å². The fourth-order valence-corrected chi connectivity index (χ4v) is 2.77. The minimum absolute atomic E-state index is 0.0742. The van der Waals surface area contributed by atoms with Gasteiger partial charge in [0, 0.05) is 24.2 Å². The Morgan fingerprint density at radius 3 is 2.96 bits per heavy atom. The number of hydrogen-bond donors (Lipinski definition) is 3. The van der Waals surface area contributed by atoms with Crippen LogP contribution in [0.3, 0.4) is 0 Å². The molecule has 1 saturated heterocycles. The molecular formula is C15H15ClN4O3. The highest BCUT2D eigenvalue weighted by molar-refractivity contribution is 6.31. The highest BCUT2D eigenvalue weighted by Gasteiger charge is 2.37. The van der Waals surface area contributed by atoms with E-state index in [-0.39, 0.29) is 23.8 Å². The number of anilines is 2. The highest BCUT2D eigenvalue weighted by Crippen LogP contribution is 2.29. The lowest BCUT2D eigenvalue weighted by molar-refractivity contribution is -0.117. The first-order valence-electron chi connectivity index (χ1n) is 7.04. The van der Waals surface area contributed by atoms with Gasteiger partial charge in [0.15, 0.2) is 0 Å². The highest BCUT2D eigenvalue weighted by atomic mass is 35.5. The SMILES string of the molecule is O=C(Nc1cc(Cl)ccc1O)C1CC(O)CN1c1ccncn1. The molecule has 0 bridgehead atoms. The normalized spacial score (nSPS) is 20.5. The first-order valence-corrected chi connectivity index (χ1v) is 7.42. The Bertz CT molecular complexity index is 713. The predicted molar refractivity (Wildman–Crippen MR) is 85.5 cm³/mol. The third-order valence-corrected chi connectivity index (χ3v) is 3.89. The van der Waals surface area contributed by atoms with Crippen LogP contribution in [0.4, 0.5) is 11.5 Å². The molecule has 3 rings (SSSR count). The number of β-amino-alcohol motifs (C(OH)–C–C–N with tert-alkyl or cyclic N) is 1. The van der Waals surface area contributed by atoms with Gasteiger partial charge in [0.25, 0.3) is 0 Å². The maximum atomic E-state index is 12.5. The number of carbonyl (C=O) groups is 1. The molecule has 1 fully saturated rings. The van der Waals surface area contributed by atoms with E-state index in [1.165, 1.54) is 24.5 Å². The minimum atomic E-state index is -0.631. The molecule has 8 heteroatoms. The summed E-state index contributed by atoms with van der Waals surface area (Å²) in [6.07, 6.45) is 2.61. The number of aliphatic hydroxyl groups is 1. The summed E-state index contributed by atoms with van der Waals surface area (Å²) in [5.41, 5.74) is 0.228. The third-order valence-electron chi connectivity index (χ3n) is 3.66. The van der Waals surface area contributed by atoms with Crippen molar-refractivity contribution in [3.8, 4) is 5.75 Å². The van der Waals surface area contributed by atoms with E-state index in [1.807, 2.05) is 0 Å². The van der Waals surface area contributed by atoms with Gasteiger partial charge in [-0.05, 0) is 24.3 Å². The summed E-state index contributed by atoms with van der Waals surface area (Å²) < 4.78 is 0. The molecule has 23 heavy (non-hydrogen) atoms. The van der Waals surface area contributed by atoms with Gasteiger partial charge in [-0.1, -0.05) is 11.6 Å². The summed E-state index contributed by atoms with van der Waals surface area (Å²) >= 11 is 5.88. The van der Waals surface area contributed by atoms with Crippen LogP contribution in [0.5, 0.6) is 5.75 Å². The Morgan fingerprint density at radius 2 is 2.22 bits per heavy atom. The Labute approximate surface area is 137 Å². The predicted octanol–water partition coefficient (Wildman–Crippen LogP) is 1.41. The summed E-state index contributed by atoms with van der Waals surface area (Å²) in [5.74, 6) is 0.139. The zero-order valence-electron chi connectivity index (χ0n) is 12.1. The number of nitrogens with one attached hydrogen (secondary N) is 1. The van der Waals surface area contributed by atoms with Crippen molar-refractivity contribution in [2.45, 2.75) is 18.6 Å². The molecule has 2 unspecified atom stereocenters. The second-order valence-corrected chi connectivity index (χ2v) is 5.71. The van der Waals surface area contributed by atoms with Gasteiger partial charge >= 0.3 is 0 Å². The van der Waals surface area contributed by atoms with Gasteiger partial charge < -0.3 is 20.4 Å². The molecule has 0 radical (unpaired) electrons. The first kappa shape index (κ1) is 15.5. The average molecular weight is 335 g/mol. The number of aromatic hydroxyl groups is 1. The number of phenolic OH excluding ortho intramolecular Hbond substituents is 1. The van der Waals surface area contributed by atoms with E-state index >= 15 is 0 Å². The standard InChI is InChI=1S/C15H15ClN4O3/c16-9-1-2-13(22)11(5-9)19-15(23)12-6-10(21)7-20(12)14-3-4-17-8-18-14/h1-5,8,10,12,21-22H,6-7H2,(H,19,23). The molecule has 2 atom stereocenters. The molecular weight excluding hydrogens is 320 g/mol. The average Bonchev–Trinajstić information content (AvgIpc) is 2.94. The summed E-state index contributed by atoms with van der Waals surface area (Å²) in [6, 6.07) is 5.48. The van der Waals surface area contributed by atoms with Crippen molar-refractivity contribution < 1.29 is 15.0 Å². The molecule has 3 N–H and O–H groups in total. The molecule has 1 aromatic carbocycles. The van der Waals surface area contributed by atoms with Crippen molar-refractivity contribution in [3.63, 3.8) is 0 Å². The zero-order valence-corrected chi connectivity index (χ0v) is 12.8. The fraction of sp³-hybridized carbons (Fsp3) is 0.267. The molecule has 2 aromatic rings. The lowest BCUT2D eigenvalue weighted by Gasteiger charge is -2.24. The molecule has 1 aliphatic rings. The van der Waals surface area contributed by atoms with Crippen molar-refractivity contribution in [1.29, 1.82) is 0 Å². The molecule has 0 aliphatic carbocycles. The minimum Gasteiger partial charge on any atom is -0.506 e. The fourth-order valence-electron chi connectivity index (χ4n) is 2.59. The van der Waals surface area contributed by atoms with Crippen LogP contribution in [0.15, 0.2) is 36.8 Å². The van der Waals surface area contributed by atoms with Crippen LogP contribution < -0.4 is 10.2 Å². The number of phenols is 1. The van der Waals surface area contributed by atoms with Crippen molar-refractivity contribution in [2.75, 3.05) is 16.8 Å². The smallest absolute Gasteiger partial charge is 0.247 e. The largest absolute Gasteiger partial charge is 0.506 e. The van der Waals surface area contributed by atoms with Crippen LogP contribution in [0.2, 0.25) is 5.02 Å². The number of hydrogen-bond acceptors (Lipinski definition) is 6. The lowest BCUT2D eigenvalue weighted by atomic mass is 10.1.